The van der Waals surface area contributed by atoms with Crippen LogP contribution in [0.4, 0.5) is 0 Å². The lowest BCUT2D eigenvalue weighted by Gasteiger charge is -2.04. The Labute approximate surface area is 77.5 Å². The molecule has 0 atom stereocenters. The lowest BCUT2D eigenvalue weighted by molar-refractivity contribution is -0.131. The van der Waals surface area contributed by atoms with Crippen molar-refractivity contribution in [3.05, 3.63) is 29.3 Å². The van der Waals surface area contributed by atoms with Gasteiger partial charge in [-0.2, -0.15) is 0 Å². The van der Waals surface area contributed by atoms with Crippen molar-refractivity contribution in [3.8, 4) is 5.75 Å². The third kappa shape index (κ3) is 1.44. The maximum Gasteiger partial charge on any atom is 0.315 e. The normalized spacial score (nSPS) is 14.1. The quantitative estimate of drug-likeness (QED) is 0.509. The van der Waals surface area contributed by atoms with Crippen LogP contribution in [0.2, 0.25) is 0 Å². The van der Waals surface area contributed by atoms with Gasteiger partial charge in [-0.25, -0.2) is 0 Å². The topological polar surface area (TPSA) is 26.3 Å². The number of fused-ring (bicyclic) bond motifs is 1. The fraction of sp³-hybridized carbons (Fsp3) is 0.364. The van der Waals surface area contributed by atoms with Crippen molar-refractivity contribution in [2.24, 2.45) is 0 Å². The summed E-state index contributed by atoms with van der Waals surface area (Å²) in [5, 5.41) is 0. The molecule has 0 fully saturated rings. The van der Waals surface area contributed by atoms with Crippen molar-refractivity contribution in [1.82, 2.24) is 0 Å². The summed E-state index contributed by atoms with van der Waals surface area (Å²) in [6.07, 6.45) is 2.50. The Kier molecular flexibility index (Phi) is 2.05. The molecule has 0 aromatic heterocycles. The van der Waals surface area contributed by atoms with E-state index in [9.17, 15) is 4.79 Å². The van der Waals surface area contributed by atoms with Gasteiger partial charge >= 0.3 is 5.97 Å². The molecule has 1 aromatic carbocycles. The highest BCUT2D eigenvalue weighted by atomic mass is 16.5. The summed E-state index contributed by atoms with van der Waals surface area (Å²) in [5.41, 5.74) is 2.20. The monoisotopic (exact) mass is 176 g/mol. The minimum atomic E-state index is -0.126. The van der Waals surface area contributed by atoms with Crippen molar-refractivity contribution < 1.29 is 9.53 Å². The van der Waals surface area contributed by atoms with Crippen molar-refractivity contribution in [2.45, 2.75) is 26.2 Å². The van der Waals surface area contributed by atoms with Gasteiger partial charge in [0.05, 0.1) is 6.42 Å². The molecule has 1 aliphatic rings. The van der Waals surface area contributed by atoms with Crippen LogP contribution in [0.3, 0.4) is 0 Å². The minimum absolute atomic E-state index is 0.126. The molecule has 0 unspecified atom stereocenters. The van der Waals surface area contributed by atoms with E-state index in [-0.39, 0.29) is 5.97 Å². The first-order valence-corrected chi connectivity index (χ1v) is 4.62. The zero-order chi connectivity index (χ0) is 9.26. The Morgan fingerprint density at radius 3 is 3.08 bits per heavy atom. The summed E-state index contributed by atoms with van der Waals surface area (Å²) in [6.45, 7) is 2.12. The summed E-state index contributed by atoms with van der Waals surface area (Å²) in [4.78, 5) is 11.0. The second kappa shape index (κ2) is 3.21. The molecular weight excluding hydrogens is 164 g/mol. The van der Waals surface area contributed by atoms with Gasteiger partial charge in [-0.3, -0.25) is 4.79 Å². The Hall–Kier alpha value is -1.31. The number of esters is 1. The van der Waals surface area contributed by atoms with E-state index in [0.717, 1.165) is 29.7 Å². The van der Waals surface area contributed by atoms with E-state index in [1.54, 1.807) is 0 Å². The number of para-hydroxylation sites is 1. The lowest BCUT2D eigenvalue weighted by atomic mass is 10.0. The molecule has 0 radical (unpaired) electrons. The average molecular weight is 176 g/mol. The van der Waals surface area contributed by atoms with Gasteiger partial charge < -0.3 is 4.74 Å². The molecule has 0 bridgehead atoms. The first-order chi connectivity index (χ1) is 6.31. The fourth-order valence-corrected chi connectivity index (χ4v) is 1.68. The van der Waals surface area contributed by atoms with Gasteiger partial charge in [0.2, 0.25) is 0 Å². The standard InChI is InChI=1S/C11H12O2/c1-2-4-8-5-3-6-9-7-10(12)13-11(8)9/h3,5-6H,2,4,7H2,1H3. The van der Waals surface area contributed by atoms with E-state index < -0.39 is 0 Å². The largest absolute Gasteiger partial charge is 0.426 e. The van der Waals surface area contributed by atoms with Crippen LogP contribution in [-0.2, 0) is 17.6 Å². The maximum absolute atomic E-state index is 11.0. The molecule has 1 aliphatic heterocycles. The van der Waals surface area contributed by atoms with E-state index in [1.165, 1.54) is 0 Å². The average Bonchev–Trinajstić information content (AvgIpc) is 2.47. The van der Waals surface area contributed by atoms with Gasteiger partial charge in [0.1, 0.15) is 5.75 Å². The smallest absolute Gasteiger partial charge is 0.315 e. The van der Waals surface area contributed by atoms with Crippen LogP contribution in [0.15, 0.2) is 18.2 Å². The highest BCUT2D eigenvalue weighted by Crippen LogP contribution is 2.30. The van der Waals surface area contributed by atoms with E-state index in [2.05, 4.69) is 6.92 Å². The molecule has 2 heteroatoms. The van der Waals surface area contributed by atoms with Crippen LogP contribution in [-0.4, -0.2) is 5.97 Å². The van der Waals surface area contributed by atoms with Gasteiger partial charge in [-0.05, 0) is 12.0 Å². The minimum Gasteiger partial charge on any atom is -0.426 e. The van der Waals surface area contributed by atoms with E-state index in [4.69, 9.17) is 4.74 Å². The highest BCUT2D eigenvalue weighted by Gasteiger charge is 2.22. The molecule has 0 saturated carbocycles. The first-order valence-electron chi connectivity index (χ1n) is 4.62. The van der Waals surface area contributed by atoms with E-state index in [1.807, 2.05) is 18.2 Å². The van der Waals surface area contributed by atoms with E-state index in [0.29, 0.717) is 6.42 Å². The molecule has 0 amide bonds. The summed E-state index contributed by atoms with van der Waals surface area (Å²) in [6, 6.07) is 5.98. The maximum atomic E-state index is 11.0. The van der Waals surface area contributed by atoms with Crippen molar-refractivity contribution in [3.63, 3.8) is 0 Å². The number of aryl methyl sites for hydroxylation is 1. The number of carbonyl (C=O) groups excluding carboxylic acids is 1. The second-order valence-corrected chi connectivity index (χ2v) is 3.31. The molecule has 13 heavy (non-hydrogen) atoms. The Bertz CT molecular complexity index is 342. The van der Waals surface area contributed by atoms with Gasteiger partial charge in [-0.15, -0.1) is 0 Å². The molecule has 0 aliphatic carbocycles. The zero-order valence-corrected chi connectivity index (χ0v) is 7.67. The van der Waals surface area contributed by atoms with Gasteiger partial charge in [-0.1, -0.05) is 31.5 Å². The summed E-state index contributed by atoms with van der Waals surface area (Å²) in [7, 11) is 0. The summed E-state index contributed by atoms with van der Waals surface area (Å²) >= 11 is 0. The fourth-order valence-electron chi connectivity index (χ4n) is 1.68. The van der Waals surface area contributed by atoms with Crippen LogP contribution in [0.25, 0.3) is 0 Å². The number of rotatable bonds is 2. The summed E-state index contributed by atoms with van der Waals surface area (Å²) in [5.74, 6) is 0.688. The Balaban J connectivity index is 2.39. The zero-order valence-electron chi connectivity index (χ0n) is 7.67. The SMILES string of the molecule is CCCc1cccc2c1OC(=O)C2. The van der Waals surface area contributed by atoms with Crippen molar-refractivity contribution in [2.75, 3.05) is 0 Å². The van der Waals surface area contributed by atoms with Crippen LogP contribution >= 0.6 is 0 Å². The number of benzene rings is 1. The first kappa shape index (κ1) is 8.30. The molecule has 0 N–H and O–H groups in total. The predicted molar refractivity (Wildman–Crippen MR) is 49.8 cm³/mol. The summed E-state index contributed by atoms with van der Waals surface area (Å²) < 4.78 is 5.15. The predicted octanol–water partition coefficient (Wildman–Crippen LogP) is 2.10. The molecular formula is C11H12O2. The third-order valence-corrected chi connectivity index (χ3v) is 2.25. The van der Waals surface area contributed by atoms with Crippen molar-refractivity contribution >= 4 is 5.97 Å². The highest BCUT2D eigenvalue weighted by molar-refractivity contribution is 5.81. The molecule has 0 spiro atoms. The van der Waals surface area contributed by atoms with Crippen LogP contribution < -0.4 is 4.74 Å². The molecule has 2 nitrogen and oxygen atoms in total. The van der Waals surface area contributed by atoms with Crippen LogP contribution in [0.1, 0.15) is 24.5 Å². The van der Waals surface area contributed by atoms with E-state index >= 15 is 0 Å². The molecule has 1 heterocycles. The molecule has 68 valence electrons. The number of carbonyl (C=O) groups is 1. The van der Waals surface area contributed by atoms with Crippen LogP contribution in [0.5, 0.6) is 5.75 Å². The number of hydrogen-bond acceptors (Lipinski definition) is 2. The molecule has 1 aromatic rings. The number of ether oxygens (including phenoxy) is 1. The van der Waals surface area contributed by atoms with Crippen LogP contribution in [0, 0.1) is 0 Å². The Morgan fingerprint density at radius 1 is 1.46 bits per heavy atom. The molecule has 0 saturated heterocycles. The van der Waals surface area contributed by atoms with Crippen molar-refractivity contribution in [1.29, 1.82) is 0 Å². The third-order valence-electron chi connectivity index (χ3n) is 2.25. The van der Waals surface area contributed by atoms with Gasteiger partial charge in [0.25, 0.3) is 0 Å². The lowest BCUT2D eigenvalue weighted by Crippen LogP contribution is -2.01. The molecule has 2 rings (SSSR count). The second-order valence-electron chi connectivity index (χ2n) is 3.31. The van der Waals surface area contributed by atoms with Gasteiger partial charge in [0, 0.05) is 5.56 Å². The Morgan fingerprint density at radius 2 is 2.31 bits per heavy atom. The van der Waals surface area contributed by atoms with Gasteiger partial charge in [0.15, 0.2) is 0 Å². The number of hydrogen-bond donors (Lipinski definition) is 0.